The van der Waals surface area contributed by atoms with Gasteiger partial charge >= 0.3 is 0 Å². The molecule has 0 amide bonds. The van der Waals surface area contributed by atoms with Crippen LogP contribution in [0.2, 0.25) is 0 Å². The van der Waals surface area contributed by atoms with Crippen molar-refractivity contribution in [1.82, 2.24) is 0 Å². The highest BCUT2D eigenvalue weighted by molar-refractivity contribution is 5.86. The average Bonchev–Trinajstić information content (AvgIpc) is 2.29. The van der Waals surface area contributed by atoms with E-state index in [1.807, 2.05) is 0 Å². The molecule has 2 rings (SSSR count). The molecule has 16 heavy (non-hydrogen) atoms. The maximum Gasteiger partial charge on any atom is 0.0522 e. The van der Waals surface area contributed by atoms with E-state index < -0.39 is 0 Å². The predicted molar refractivity (Wildman–Crippen MR) is 68.8 cm³/mol. The SMILES string of the molecule is Cc1cccc2cc(C(C)(C)CO)ccc12. The van der Waals surface area contributed by atoms with Crippen molar-refractivity contribution in [3.05, 3.63) is 47.5 Å². The number of hydrogen-bond acceptors (Lipinski definition) is 1. The lowest BCUT2D eigenvalue weighted by atomic mass is 9.84. The lowest BCUT2D eigenvalue weighted by Gasteiger charge is -2.22. The molecular formula is C15H18O. The Morgan fingerprint density at radius 2 is 1.88 bits per heavy atom. The second kappa shape index (κ2) is 3.91. The minimum Gasteiger partial charge on any atom is -0.395 e. The molecule has 0 radical (unpaired) electrons. The van der Waals surface area contributed by atoms with Gasteiger partial charge in [-0.05, 0) is 28.8 Å². The molecule has 0 spiro atoms. The molecule has 0 aromatic heterocycles. The van der Waals surface area contributed by atoms with Crippen molar-refractivity contribution < 1.29 is 5.11 Å². The molecule has 1 N–H and O–H groups in total. The molecule has 0 aliphatic heterocycles. The fraction of sp³-hybridized carbons (Fsp3) is 0.333. The molecule has 0 saturated heterocycles. The first-order chi connectivity index (χ1) is 7.54. The average molecular weight is 214 g/mol. The Kier molecular flexibility index (Phi) is 2.73. The van der Waals surface area contributed by atoms with E-state index in [1.54, 1.807) is 0 Å². The molecule has 0 heterocycles. The van der Waals surface area contributed by atoms with Gasteiger partial charge in [-0.25, -0.2) is 0 Å². The van der Waals surface area contributed by atoms with Crippen molar-refractivity contribution in [1.29, 1.82) is 0 Å². The van der Waals surface area contributed by atoms with Crippen molar-refractivity contribution in [3.8, 4) is 0 Å². The van der Waals surface area contributed by atoms with Gasteiger partial charge in [-0.1, -0.05) is 50.2 Å². The summed E-state index contributed by atoms with van der Waals surface area (Å²) in [6.45, 7) is 6.41. The van der Waals surface area contributed by atoms with E-state index in [-0.39, 0.29) is 12.0 Å². The Bertz CT molecular complexity index is 512. The molecule has 0 unspecified atom stereocenters. The number of benzene rings is 2. The van der Waals surface area contributed by atoms with Crippen molar-refractivity contribution in [3.63, 3.8) is 0 Å². The van der Waals surface area contributed by atoms with Crippen LogP contribution in [0.1, 0.15) is 25.0 Å². The number of fused-ring (bicyclic) bond motifs is 1. The van der Waals surface area contributed by atoms with Gasteiger partial charge in [0.15, 0.2) is 0 Å². The number of aliphatic hydroxyl groups is 1. The van der Waals surface area contributed by atoms with E-state index in [0.29, 0.717) is 0 Å². The Hall–Kier alpha value is -1.34. The third kappa shape index (κ3) is 1.83. The molecule has 2 aromatic rings. The first kappa shape index (κ1) is 11.2. The van der Waals surface area contributed by atoms with Crippen LogP contribution in [0.5, 0.6) is 0 Å². The number of aliphatic hydroxyl groups excluding tert-OH is 1. The molecule has 1 nitrogen and oxygen atoms in total. The molecule has 0 atom stereocenters. The third-order valence-corrected chi connectivity index (χ3v) is 3.28. The van der Waals surface area contributed by atoms with Crippen molar-refractivity contribution in [2.45, 2.75) is 26.2 Å². The largest absolute Gasteiger partial charge is 0.395 e. The van der Waals surface area contributed by atoms with Gasteiger partial charge in [0.2, 0.25) is 0 Å². The van der Waals surface area contributed by atoms with Gasteiger partial charge in [-0.2, -0.15) is 0 Å². The Balaban J connectivity index is 2.61. The van der Waals surface area contributed by atoms with Crippen LogP contribution in [-0.2, 0) is 5.41 Å². The van der Waals surface area contributed by atoms with E-state index in [2.05, 4.69) is 57.2 Å². The second-order valence-electron chi connectivity index (χ2n) is 5.05. The van der Waals surface area contributed by atoms with Crippen LogP contribution in [0.25, 0.3) is 10.8 Å². The van der Waals surface area contributed by atoms with Crippen LogP contribution in [0.4, 0.5) is 0 Å². The van der Waals surface area contributed by atoms with Gasteiger partial charge in [-0.15, -0.1) is 0 Å². The van der Waals surface area contributed by atoms with Crippen molar-refractivity contribution in [2.24, 2.45) is 0 Å². The summed E-state index contributed by atoms with van der Waals surface area (Å²) in [6, 6.07) is 12.8. The van der Waals surface area contributed by atoms with E-state index in [9.17, 15) is 5.11 Å². The first-order valence-corrected chi connectivity index (χ1v) is 5.65. The van der Waals surface area contributed by atoms with Crippen LogP contribution in [0.3, 0.4) is 0 Å². The van der Waals surface area contributed by atoms with Gasteiger partial charge < -0.3 is 5.11 Å². The molecule has 0 aliphatic rings. The monoisotopic (exact) mass is 214 g/mol. The van der Waals surface area contributed by atoms with Gasteiger partial charge in [0.05, 0.1) is 6.61 Å². The Morgan fingerprint density at radius 1 is 1.12 bits per heavy atom. The highest BCUT2D eigenvalue weighted by Crippen LogP contribution is 2.27. The second-order valence-corrected chi connectivity index (χ2v) is 5.05. The van der Waals surface area contributed by atoms with Crippen LogP contribution in [-0.4, -0.2) is 11.7 Å². The van der Waals surface area contributed by atoms with Crippen molar-refractivity contribution in [2.75, 3.05) is 6.61 Å². The molecule has 0 fully saturated rings. The van der Waals surface area contributed by atoms with Gasteiger partial charge in [0.25, 0.3) is 0 Å². The Labute approximate surface area is 96.7 Å². The van der Waals surface area contributed by atoms with Crippen LogP contribution >= 0.6 is 0 Å². The predicted octanol–water partition coefficient (Wildman–Crippen LogP) is 3.42. The number of rotatable bonds is 2. The number of aryl methyl sites for hydroxylation is 1. The summed E-state index contributed by atoms with van der Waals surface area (Å²) in [5, 5.41) is 11.9. The summed E-state index contributed by atoms with van der Waals surface area (Å²) in [5.74, 6) is 0. The summed E-state index contributed by atoms with van der Waals surface area (Å²) < 4.78 is 0. The quantitative estimate of drug-likeness (QED) is 0.812. The highest BCUT2D eigenvalue weighted by atomic mass is 16.3. The van der Waals surface area contributed by atoms with Crippen LogP contribution in [0, 0.1) is 6.92 Å². The lowest BCUT2D eigenvalue weighted by Crippen LogP contribution is -2.21. The highest BCUT2D eigenvalue weighted by Gasteiger charge is 2.19. The normalized spacial score (nSPS) is 12.0. The minimum absolute atomic E-state index is 0.169. The summed E-state index contributed by atoms with van der Waals surface area (Å²) in [7, 11) is 0. The van der Waals surface area contributed by atoms with Gasteiger partial charge in [0.1, 0.15) is 0 Å². The van der Waals surface area contributed by atoms with E-state index in [0.717, 1.165) is 0 Å². The number of hydrogen-bond donors (Lipinski definition) is 1. The van der Waals surface area contributed by atoms with Gasteiger partial charge in [-0.3, -0.25) is 0 Å². The standard InChI is InChI=1S/C15H18O/c1-11-5-4-6-12-9-13(7-8-14(11)12)15(2,3)10-16/h4-9,16H,10H2,1-3H3. The molecule has 1 heteroatoms. The zero-order valence-electron chi connectivity index (χ0n) is 10.1. The van der Waals surface area contributed by atoms with Crippen molar-refractivity contribution >= 4 is 10.8 Å². The van der Waals surface area contributed by atoms with Gasteiger partial charge in [0, 0.05) is 5.41 Å². The lowest BCUT2D eigenvalue weighted by molar-refractivity contribution is 0.218. The maximum absolute atomic E-state index is 9.37. The first-order valence-electron chi connectivity index (χ1n) is 5.65. The molecule has 0 aliphatic carbocycles. The minimum atomic E-state index is -0.169. The third-order valence-electron chi connectivity index (χ3n) is 3.28. The molecule has 2 aromatic carbocycles. The zero-order chi connectivity index (χ0) is 11.8. The van der Waals surface area contributed by atoms with E-state index in [1.165, 1.54) is 21.9 Å². The molecule has 0 saturated carbocycles. The topological polar surface area (TPSA) is 20.2 Å². The summed E-state index contributed by atoms with van der Waals surface area (Å²) in [5.41, 5.74) is 2.32. The molecular weight excluding hydrogens is 196 g/mol. The van der Waals surface area contributed by atoms with Crippen LogP contribution < -0.4 is 0 Å². The molecule has 0 bridgehead atoms. The molecule has 84 valence electrons. The zero-order valence-corrected chi connectivity index (χ0v) is 10.1. The maximum atomic E-state index is 9.37. The summed E-state index contributed by atoms with van der Waals surface area (Å²) >= 11 is 0. The van der Waals surface area contributed by atoms with E-state index >= 15 is 0 Å². The fourth-order valence-electron chi connectivity index (χ4n) is 1.96. The smallest absolute Gasteiger partial charge is 0.0522 e. The van der Waals surface area contributed by atoms with Crippen LogP contribution in [0.15, 0.2) is 36.4 Å². The fourth-order valence-corrected chi connectivity index (χ4v) is 1.96. The van der Waals surface area contributed by atoms with E-state index in [4.69, 9.17) is 0 Å². The Morgan fingerprint density at radius 3 is 2.56 bits per heavy atom. The summed E-state index contributed by atoms with van der Waals surface area (Å²) in [4.78, 5) is 0. The summed E-state index contributed by atoms with van der Waals surface area (Å²) in [6.07, 6.45) is 0.